The van der Waals surface area contributed by atoms with Gasteiger partial charge in [-0.15, -0.1) is 0 Å². The number of hydrogen-bond donors (Lipinski definition) is 1. The molecule has 1 aromatic rings. The first kappa shape index (κ1) is 15.3. The number of sulfonamides is 1. The molecule has 0 fully saturated rings. The molecule has 1 rings (SSSR count). The predicted molar refractivity (Wildman–Crippen MR) is 74.0 cm³/mol. The van der Waals surface area contributed by atoms with E-state index in [2.05, 4.69) is 20.7 Å². The minimum Gasteiger partial charge on any atom is -0.300 e. The highest BCUT2D eigenvalue weighted by atomic mass is 79.9. The van der Waals surface area contributed by atoms with Crippen molar-refractivity contribution in [3.05, 3.63) is 28.2 Å². The predicted octanol–water partition coefficient (Wildman–Crippen LogP) is 2.41. The number of aryl methyl sites for hydroxylation is 1. The molecule has 0 atom stereocenters. The van der Waals surface area contributed by atoms with Crippen molar-refractivity contribution in [2.75, 3.05) is 6.54 Å². The van der Waals surface area contributed by atoms with Gasteiger partial charge in [0.15, 0.2) is 0 Å². The highest BCUT2D eigenvalue weighted by Gasteiger charge is 2.14. The first-order valence-electron chi connectivity index (χ1n) is 5.58. The van der Waals surface area contributed by atoms with E-state index in [1.165, 1.54) is 6.92 Å². The Morgan fingerprint density at radius 2 is 2.06 bits per heavy atom. The van der Waals surface area contributed by atoms with Crippen LogP contribution in [0.3, 0.4) is 0 Å². The molecule has 18 heavy (non-hydrogen) atoms. The Hall–Kier alpha value is -0.720. The van der Waals surface area contributed by atoms with E-state index in [4.69, 9.17) is 0 Å². The number of carbonyl (C=O) groups excluding carboxylic acids is 1. The molecule has 0 bridgehead atoms. The van der Waals surface area contributed by atoms with Crippen LogP contribution in [-0.4, -0.2) is 20.7 Å². The summed E-state index contributed by atoms with van der Waals surface area (Å²) in [7, 11) is -3.48. The van der Waals surface area contributed by atoms with Crippen LogP contribution in [0.2, 0.25) is 0 Å². The fraction of sp³-hybridized carbons (Fsp3) is 0.417. The molecular weight excluding hydrogens is 318 g/mol. The smallest absolute Gasteiger partial charge is 0.240 e. The second-order valence-electron chi connectivity index (χ2n) is 4.11. The van der Waals surface area contributed by atoms with Gasteiger partial charge in [-0.2, -0.15) is 0 Å². The summed E-state index contributed by atoms with van der Waals surface area (Å²) in [5.41, 5.74) is 0.863. The Morgan fingerprint density at radius 3 is 2.61 bits per heavy atom. The number of hydrogen-bond acceptors (Lipinski definition) is 3. The van der Waals surface area contributed by atoms with Gasteiger partial charge in [-0.25, -0.2) is 13.1 Å². The molecule has 0 amide bonds. The largest absolute Gasteiger partial charge is 0.300 e. The van der Waals surface area contributed by atoms with Crippen molar-refractivity contribution < 1.29 is 13.2 Å². The standard InChI is InChI=1S/C12H16BrNO3S/c1-9-8-11(5-6-12(9)13)18(16,17)14-7-3-4-10(2)15/h5-6,8,14H,3-4,7H2,1-2H3. The van der Waals surface area contributed by atoms with Gasteiger partial charge < -0.3 is 4.79 Å². The number of rotatable bonds is 6. The van der Waals surface area contributed by atoms with E-state index < -0.39 is 10.0 Å². The number of ketones is 1. The molecule has 0 radical (unpaired) electrons. The molecule has 6 heteroatoms. The van der Waals surface area contributed by atoms with Crippen molar-refractivity contribution in [2.24, 2.45) is 0 Å². The average Bonchev–Trinajstić information content (AvgIpc) is 2.28. The number of carbonyl (C=O) groups is 1. The molecule has 0 unspecified atom stereocenters. The van der Waals surface area contributed by atoms with Crippen molar-refractivity contribution in [1.82, 2.24) is 4.72 Å². The van der Waals surface area contributed by atoms with Gasteiger partial charge in [0.1, 0.15) is 5.78 Å². The van der Waals surface area contributed by atoms with E-state index in [0.29, 0.717) is 12.8 Å². The monoisotopic (exact) mass is 333 g/mol. The summed E-state index contributed by atoms with van der Waals surface area (Å²) in [4.78, 5) is 11.0. The minimum absolute atomic E-state index is 0.0636. The lowest BCUT2D eigenvalue weighted by molar-refractivity contribution is -0.117. The van der Waals surface area contributed by atoms with E-state index in [-0.39, 0.29) is 17.2 Å². The van der Waals surface area contributed by atoms with Crippen molar-refractivity contribution >= 4 is 31.7 Å². The minimum atomic E-state index is -3.48. The maximum absolute atomic E-state index is 11.9. The lowest BCUT2D eigenvalue weighted by atomic mass is 10.2. The van der Waals surface area contributed by atoms with Crippen molar-refractivity contribution in [1.29, 1.82) is 0 Å². The second kappa shape index (κ2) is 6.45. The summed E-state index contributed by atoms with van der Waals surface area (Å²) in [6.07, 6.45) is 0.909. The molecular formula is C12H16BrNO3S. The van der Waals surface area contributed by atoms with Crippen LogP contribution in [0.25, 0.3) is 0 Å². The van der Waals surface area contributed by atoms with Crippen LogP contribution in [0.15, 0.2) is 27.6 Å². The van der Waals surface area contributed by atoms with Crippen LogP contribution in [0.1, 0.15) is 25.3 Å². The zero-order chi connectivity index (χ0) is 13.8. The van der Waals surface area contributed by atoms with E-state index in [9.17, 15) is 13.2 Å². The van der Waals surface area contributed by atoms with Crippen molar-refractivity contribution in [3.63, 3.8) is 0 Å². The Kier molecular flexibility index (Phi) is 5.49. The number of halogens is 1. The van der Waals surface area contributed by atoms with Gasteiger partial charge in [-0.05, 0) is 44.0 Å². The molecule has 0 aromatic heterocycles. The molecule has 100 valence electrons. The number of Topliss-reactive ketones (excluding diaryl/α,β-unsaturated/α-hetero) is 1. The van der Waals surface area contributed by atoms with Gasteiger partial charge in [0.05, 0.1) is 4.90 Å². The molecule has 1 N–H and O–H groups in total. The molecule has 4 nitrogen and oxygen atoms in total. The van der Waals surface area contributed by atoms with Crippen molar-refractivity contribution in [2.45, 2.75) is 31.6 Å². The van der Waals surface area contributed by atoms with Gasteiger partial charge in [0.25, 0.3) is 0 Å². The first-order chi connectivity index (χ1) is 8.33. The second-order valence-corrected chi connectivity index (χ2v) is 6.74. The van der Waals surface area contributed by atoms with Crippen LogP contribution < -0.4 is 4.72 Å². The van der Waals surface area contributed by atoms with E-state index in [1.54, 1.807) is 18.2 Å². The van der Waals surface area contributed by atoms with Gasteiger partial charge in [-0.1, -0.05) is 15.9 Å². The Labute approximate surface area is 116 Å². The van der Waals surface area contributed by atoms with Crippen molar-refractivity contribution in [3.8, 4) is 0 Å². The van der Waals surface area contributed by atoms with Gasteiger partial charge in [0, 0.05) is 17.4 Å². The first-order valence-corrected chi connectivity index (χ1v) is 7.86. The molecule has 0 aliphatic carbocycles. The summed E-state index contributed by atoms with van der Waals surface area (Å²) in [6, 6.07) is 4.86. The van der Waals surface area contributed by atoms with E-state index in [1.807, 2.05) is 6.92 Å². The third-order valence-corrected chi connectivity index (χ3v) is 4.79. The maximum Gasteiger partial charge on any atom is 0.240 e. The fourth-order valence-corrected chi connectivity index (χ4v) is 2.82. The van der Waals surface area contributed by atoms with E-state index in [0.717, 1.165) is 10.0 Å². The van der Waals surface area contributed by atoms with Gasteiger partial charge >= 0.3 is 0 Å². The molecule has 0 aliphatic heterocycles. The normalized spacial score (nSPS) is 11.5. The van der Waals surface area contributed by atoms with Crippen LogP contribution in [0, 0.1) is 6.92 Å². The summed E-state index contributed by atoms with van der Waals surface area (Å²) >= 11 is 3.32. The molecule has 0 aliphatic rings. The zero-order valence-electron chi connectivity index (χ0n) is 10.4. The summed E-state index contributed by atoms with van der Waals surface area (Å²) < 4.78 is 27.2. The molecule has 1 aromatic carbocycles. The van der Waals surface area contributed by atoms with Gasteiger partial charge in [-0.3, -0.25) is 0 Å². The molecule has 0 saturated carbocycles. The van der Waals surface area contributed by atoms with Crippen LogP contribution >= 0.6 is 15.9 Å². The topological polar surface area (TPSA) is 63.2 Å². The van der Waals surface area contributed by atoms with Crippen LogP contribution in [-0.2, 0) is 14.8 Å². The third-order valence-electron chi connectivity index (χ3n) is 2.44. The molecule has 0 saturated heterocycles. The number of benzene rings is 1. The average molecular weight is 334 g/mol. The maximum atomic E-state index is 11.9. The highest BCUT2D eigenvalue weighted by molar-refractivity contribution is 9.10. The molecule has 0 heterocycles. The fourth-order valence-electron chi connectivity index (χ4n) is 1.41. The van der Waals surface area contributed by atoms with Crippen LogP contribution in [0.5, 0.6) is 0 Å². The SMILES string of the molecule is CC(=O)CCCNS(=O)(=O)c1ccc(Br)c(C)c1. The van der Waals surface area contributed by atoms with Gasteiger partial charge in [0.2, 0.25) is 10.0 Å². The summed E-state index contributed by atoms with van der Waals surface area (Å²) in [5.74, 6) is 0.0636. The third kappa shape index (κ3) is 4.51. The lowest BCUT2D eigenvalue weighted by Crippen LogP contribution is -2.25. The zero-order valence-corrected chi connectivity index (χ0v) is 12.8. The summed E-state index contributed by atoms with van der Waals surface area (Å²) in [6.45, 7) is 3.60. The molecule has 0 spiro atoms. The Bertz CT molecular complexity index is 540. The Morgan fingerprint density at radius 1 is 1.39 bits per heavy atom. The Balaban J connectivity index is 2.68. The van der Waals surface area contributed by atoms with Crippen LogP contribution in [0.4, 0.5) is 0 Å². The van der Waals surface area contributed by atoms with E-state index >= 15 is 0 Å². The number of nitrogens with one attached hydrogen (secondary N) is 1. The quantitative estimate of drug-likeness (QED) is 0.813. The summed E-state index contributed by atoms with van der Waals surface area (Å²) in [5, 5.41) is 0. The highest BCUT2D eigenvalue weighted by Crippen LogP contribution is 2.19. The lowest BCUT2D eigenvalue weighted by Gasteiger charge is -2.07.